The van der Waals surface area contributed by atoms with E-state index < -0.39 is 11.6 Å². The molecule has 1 aromatic carbocycles. The third-order valence-electron chi connectivity index (χ3n) is 2.03. The minimum atomic E-state index is -0.962. The summed E-state index contributed by atoms with van der Waals surface area (Å²) in [6.45, 7) is 0.322. The van der Waals surface area contributed by atoms with Crippen LogP contribution in [-0.4, -0.2) is 4.98 Å². The average Bonchev–Trinajstić information content (AvgIpc) is 2.77. The normalized spacial score (nSPS) is 10.4. The van der Waals surface area contributed by atoms with Crippen LogP contribution in [0.25, 0.3) is 0 Å². The van der Waals surface area contributed by atoms with Gasteiger partial charge in [-0.15, -0.1) is 11.3 Å². The highest BCUT2D eigenvalue weighted by molar-refractivity contribution is 7.09. The van der Waals surface area contributed by atoms with E-state index in [2.05, 4.69) is 10.3 Å². The van der Waals surface area contributed by atoms with E-state index >= 15 is 0 Å². The van der Waals surface area contributed by atoms with Gasteiger partial charge in [0.15, 0.2) is 11.6 Å². The molecule has 1 heterocycles. The van der Waals surface area contributed by atoms with Gasteiger partial charge in [-0.3, -0.25) is 0 Å². The summed E-state index contributed by atoms with van der Waals surface area (Å²) in [5.74, 6) is -1.88. The highest BCUT2D eigenvalue weighted by Gasteiger charge is 2.11. The smallest absolute Gasteiger partial charge is 0.183 e. The minimum Gasteiger partial charge on any atom is -0.397 e. The summed E-state index contributed by atoms with van der Waals surface area (Å²) in [4.78, 5) is 4.01. The fourth-order valence-corrected chi connectivity index (χ4v) is 1.81. The Bertz CT molecular complexity index is 485. The molecule has 84 valence electrons. The second kappa shape index (κ2) is 4.44. The van der Waals surface area contributed by atoms with Gasteiger partial charge in [-0.25, -0.2) is 13.8 Å². The minimum absolute atomic E-state index is 0.0183. The van der Waals surface area contributed by atoms with Crippen LogP contribution in [0.5, 0.6) is 0 Å². The van der Waals surface area contributed by atoms with Crippen LogP contribution < -0.4 is 11.1 Å². The number of nitrogens with two attached hydrogens (primary N) is 1. The summed E-state index contributed by atoms with van der Waals surface area (Å²) in [6.07, 6.45) is 1.65. The number of anilines is 2. The van der Waals surface area contributed by atoms with E-state index in [-0.39, 0.29) is 11.4 Å². The zero-order chi connectivity index (χ0) is 11.5. The molecule has 0 unspecified atom stereocenters. The van der Waals surface area contributed by atoms with Gasteiger partial charge in [0.1, 0.15) is 5.01 Å². The Kier molecular flexibility index (Phi) is 3.00. The van der Waals surface area contributed by atoms with E-state index in [4.69, 9.17) is 5.73 Å². The molecule has 16 heavy (non-hydrogen) atoms. The van der Waals surface area contributed by atoms with E-state index in [9.17, 15) is 8.78 Å². The summed E-state index contributed by atoms with van der Waals surface area (Å²) in [5, 5.41) is 5.32. The zero-order valence-corrected chi connectivity index (χ0v) is 9.02. The van der Waals surface area contributed by atoms with Crippen molar-refractivity contribution in [2.24, 2.45) is 0 Å². The van der Waals surface area contributed by atoms with Gasteiger partial charge in [-0.2, -0.15) is 0 Å². The lowest BCUT2D eigenvalue weighted by Crippen LogP contribution is -2.05. The molecule has 0 spiro atoms. The second-order valence-corrected chi connectivity index (χ2v) is 4.08. The molecule has 3 N–H and O–H groups in total. The van der Waals surface area contributed by atoms with Crippen LogP contribution in [0, 0.1) is 11.6 Å². The SMILES string of the molecule is Nc1ccc(F)c(F)c1NCc1nccs1. The van der Waals surface area contributed by atoms with Gasteiger partial charge in [-0.1, -0.05) is 0 Å². The molecule has 1 aromatic heterocycles. The topological polar surface area (TPSA) is 50.9 Å². The number of halogens is 2. The predicted octanol–water partition coefficient (Wildman–Crippen LogP) is 2.62. The van der Waals surface area contributed by atoms with Gasteiger partial charge in [0, 0.05) is 11.6 Å². The van der Waals surface area contributed by atoms with Crippen LogP contribution in [0.15, 0.2) is 23.7 Å². The van der Waals surface area contributed by atoms with E-state index in [1.165, 1.54) is 17.4 Å². The lowest BCUT2D eigenvalue weighted by molar-refractivity contribution is 0.511. The van der Waals surface area contributed by atoms with E-state index in [1.807, 2.05) is 5.38 Å². The number of hydrogen-bond donors (Lipinski definition) is 2. The Morgan fingerprint density at radius 2 is 2.19 bits per heavy atom. The van der Waals surface area contributed by atoms with E-state index in [0.29, 0.717) is 6.54 Å². The second-order valence-electron chi connectivity index (χ2n) is 3.10. The third kappa shape index (κ3) is 2.11. The zero-order valence-electron chi connectivity index (χ0n) is 8.21. The van der Waals surface area contributed by atoms with Crippen LogP contribution in [-0.2, 0) is 6.54 Å². The molecule has 2 rings (SSSR count). The number of thiazole rings is 1. The lowest BCUT2D eigenvalue weighted by atomic mass is 10.2. The summed E-state index contributed by atoms with van der Waals surface area (Å²) in [5.41, 5.74) is 5.70. The fraction of sp³-hybridized carbons (Fsp3) is 0.100. The summed E-state index contributed by atoms with van der Waals surface area (Å²) >= 11 is 1.43. The van der Waals surface area contributed by atoms with Gasteiger partial charge >= 0.3 is 0 Å². The van der Waals surface area contributed by atoms with Crippen molar-refractivity contribution in [2.45, 2.75) is 6.54 Å². The van der Waals surface area contributed by atoms with Crippen LogP contribution >= 0.6 is 11.3 Å². The Balaban J connectivity index is 2.18. The Labute approximate surface area is 94.9 Å². The van der Waals surface area contributed by atoms with Gasteiger partial charge in [0.25, 0.3) is 0 Å². The number of nitrogens with one attached hydrogen (secondary N) is 1. The first-order valence-electron chi connectivity index (χ1n) is 4.54. The van der Waals surface area contributed by atoms with E-state index in [1.54, 1.807) is 6.20 Å². The van der Waals surface area contributed by atoms with Crippen molar-refractivity contribution in [3.63, 3.8) is 0 Å². The maximum atomic E-state index is 13.4. The Morgan fingerprint density at radius 1 is 1.38 bits per heavy atom. The van der Waals surface area contributed by atoms with Crippen molar-refractivity contribution in [3.8, 4) is 0 Å². The first kappa shape index (κ1) is 10.8. The molecule has 0 aliphatic carbocycles. The lowest BCUT2D eigenvalue weighted by Gasteiger charge is -2.09. The molecule has 0 radical (unpaired) electrons. The number of nitrogens with zero attached hydrogens (tertiary/aromatic N) is 1. The van der Waals surface area contributed by atoms with Crippen LogP contribution in [0.4, 0.5) is 20.2 Å². The van der Waals surface area contributed by atoms with Crippen molar-refractivity contribution in [2.75, 3.05) is 11.1 Å². The number of nitrogen functional groups attached to an aromatic ring is 1. The molecule has 0 saturated carbocycles. The summed E-state index contributed by atoms with van der Waals surface area (Å²) < 4.78 is 26.3. The third-order valence-corrected chi connectivity index (χ3v) is 2.81. The van der Waals surface area contributed by atoms with Crippen molar-refractivity contribution in [3.05, 3.63) is 40.4 Å². The van der Waals surface area contributed by atoms with Gasteiger partial charge in [0.2, 0.25) is 0 Å². The summed E-state index contributed by atoms with van der Waals surface area (Å²) in [6, 6.07) is 2.32. The first-order chi connectivity index (χ1) is 7.68. The van der Waals surface area contributed by atoms with Crippen molar-refractivity contribution >= 4 is 22.7 Å². The fourth-order valence-electron chi connectivity index (χ4n) is 1.25. The molecular weight excluding hydrogens is 232 g/mol. The molecular formula is C10H9F2N3S. The van der Waals surface area contributed by atoms with Crippen molar-refractivity contribution in [1.82, 2.24) is 4.98 Å². The maximum absolute atomic E-state index is 13.4. The van der Waals surface area contributed by atoms with Crippen LogP contribution in [0.3, 0.4) is 0 Å². The number of hydrogen-bond acceptors (Lipinski definition) is 4. The number of benzene rings is 1. The van der Waals surface area contributed by atoms with Gasteiger partial charge in [-0.05, 0) is 12.1 Å². The Hall–Kier alpha value is -1.69. The largest absolute Gasteiger partial charge is 0.397 e. The number of rotatable bonds is 3. The van der Waals surface area contributed by atoms with Gasteiger partial charge in [0.05, 0.1) is 17.9 Å². The highest BCUT2D eigenvalue weighted by atomic mass is 32.1. The molecule has 2 aromatic rings. The average molecular weight is 241 g/mol. The molecule has 0 aliphatic heterocycles. The maximum Gasteiger partial charge on any atom is 0.183 e. The standard InChI is InChI=1S/C10H9F2N3S/c11-6-1-2-7(13)10(9(6)12)15-5-8-14-3-4-16-8/h1-4,15H,5,13H2. The molecule has 6 heteroatoms. The summed E-state index contributed by atoms with van der Waals surface area (Å²) in [7, 11) is 0. The molecule has 0 aliphatic rings. The Morgan fingerprint density at radius 3 is 2.88 bits per heavy atom. The van der Waals surface area contributed by atoms with E-state index in [0.717, 1.165) is 11.1 Å². The quantitative estimate of drug-likeness (QED) is 0.812. The van der Waals surface area contributed by atoms with Crippen LogP contribution in [0.2, 0.25) is 0 Å². The monoisotopic (exact) mass is 241 g/mol. The predicted molar refractivity (Wildman–Crippen MR) is 60.2 cm³/mol. The molecule has 3 nitrogen and oxygen atoms in total. The first-order valence-corrected chi connectivity index (χ1v) is 5.42. The highest BCUT2D eigenvalue weighted by Crippen LogP contribution is 2.25. The van der Waals surface area contributed by atoms with Gasteiger partial charge < -0.3 is 11.1 Å². The molecule has 0 saturated heterocycles. The molecule has 0 atom stereocenters. The molecule has 0 fully saturated rings. The number of aromatic nitrogens is 1. The van der Waals surface area contributed by atoms with Crippen molar-refractivity contribution < 1.29 is 8.78 Å². The molecule has 0 bridgehead atoms. The van der Waals surface area contributed by atoms with Crippen molar-refractivity contribution in [1.29, 1.82) is 0 Å². The molecule has 0 amide bonds. The van der Waals surface area contributed by atoms with Crippen LogP contribution in [0.1, 0.15) is 5.01 Å².